The SMILES string of the molecule is Cl.O=C(CCC1CCNC1)N1CCC2(CCC2)C1. The fraction of sp³-hybridized carbons (Fsp3) is 0.929. The Morgan fingerprint density at radius 1 is 1.33 bits per heavy atom. The van der Waals surface area contributed by atoms with E-state index in [2.05, 4.69) is 10.2 Å². The lowest BCUT2D eigenvalue weighted by atomic mass is 9.68. The second-order valence-electron chi connectivity index (χ2n) is 6.32. The summed E-state index contributed by atoms with van der Waals surface area (Å²) in [5.41, 5.74) is 0.560. The molecule has 1 spiro atoms. The van der Waals surface area contributed by atoms with Crippen molar-refractivity contribution in [3.63, 3.8) is 0 Å². The van der Waals surface area contributed by atoms with Crippen LogP contribution in [-0.2, 0) is 4.79 Å². The molecule has 3 aliphatic rings. The fourth-order valence-corrected chi connectivity index (χ4v) is 3.68. The monoisotopic (exact) mass is 272 g/mol. The smallest absolute Gasteiger partial charge is 0.222 e. The number of hydrogen-bond donors (Lipinski definition) is 1. The second-order valence-corrected chi connectivity index (χ2v) is 6.32. The van der Waals surface area contributed by atoms with Gasteiger partial charge in [0.2, 0.25) is 5.91 Å². The van der Waals surface area contributed by atoms with Gasteiger partial charge in [-0.05, 0) is 56.5 Å². The summed E-state index contributed by atoms with van der Waals surface area (Å²) in [5, 5.41) is 3.37. The van der Waals surface area contributed by atoms with Crippen molar-refractivity contribution in [2.24, 2.45) is 11.3 Å². The van der Waals surface area contributed by atoms with Crippen LogP contribution >= 0.6 is 12.4 Å². The van der Waals surface area contributed by atoms with E-state index in [-0.39, 0.29) is 12.4 Å². The van der Waals surface area contributed by atoms with Gasteiger partial charge in [0.05, 0.1) is 0 Å². The first-order valence-electron chi connectivity index (χ1n) is 7.26. The standard InChI is InChI=1S/C14H24N2O.ClH/c17-13(3-2-12-4-8-15-10-12)16-9-7-14(11-16)5-1-6-14;/h12,15H,1-11H2;1H. The Hall–Kier alpha value is -0.280. The molecular formula is C14H25ClN2O. The number of likely N-dealkylation sites (tertiary alicyclic amines) is 1. The summed E-state index contributed by atoms with van der Waals surface area (Å²) in [7, 11) is 0. The minimum absolute atomic E-state index is 0. The van der Waals surface area contributed by atoms with Gasteiger partial charge in [-0.1, -0.05) is 6.42 Å². The third kappa shape index (κ3) is 2.83. The quantitative estimate of drug-likeness (QED) is 0.854. The predicted octanol–water partition coefficient (Wildman–Crippen LogP) is 2.20. The minimum Gasteiger partial charge on any atom is -0.342 e. The summed E-state index contributed by atoms with van der Waals surface area (Å²) in [6.07, 6.45) is 8.52. The average Bonchev–Trinajstić information content (AvgIpc) is 2.94. The van der Waals surface area contributed by atoms with Crippen molar-refractivity contribution in [2.75, 3.05) is 26.2 Å². The molecule has 3 fully saturated rings. The van der Waals surface area contributed by atoms with Gasteiger partial charge in [0, 0.05) is 19.5 Å². The lowest BCUT2D eigenvalue weighted by molar-refractivity contribution is -0.131. The Kier molecular flexibility index (Phi) is 4.54. The van der Waals surface area contributed by atoms with Crippen LogP contribution in [0.5, 0.6) is 0 Å². The Bertz CT molecular complexity index is 298. The summed E-state index contributed by atoms with van der Waals surface area (Å²) < 4.78 is 0. The lowest BCUT2D eigenvalue weighted by Gasteiger charge is -2.38. The molecule has 2 saturated heterocycles. The molecule has 3 nitrogen and oxygen atoms in total. The predicted molar refractivity (Wildman–Crippen MR) is 74.9 cm³/mol. The van der Waals surface area contributed by atoms with E-state index < -0.39 is 0 Å². The molecule has 1 aliphatic carbocycles. The van der Waals surface area contributed by atoms with Crippen molar-refractivity contribution < 1.29 is 4.79 Å². The Morgan fingerprint density at radius 3 is 2.72 bits per heavy atom. The summed E-state index contributed by atoms with van der Waals surface area (Å²) in [4.78, 5) is 14.3. The van der Waals surface area contributed by atoms with Gasteiger partial charge >= 0.3 is 0 Å². The highest BCUT2D eigenvalue weighted by molar-refractivity contribution is 5.85. The first-order valence-corrected chi connectivity index (χ1v) is 7.26. The van der Waals surface area contributed by atoms with Crippen LogP contribution in [0.2, 0.25) is 0 Å². The van der Waals surface area contributed by atoms with E-state index >= 15 is 0 Å². The molecule has 0 aromatic heterocycles. The van der Waals surface area contributed by atoms with Gasteiger partial charge in [-0.3, -0.25) is 4.79 Å². The van der Waals surface area contributed by atoms with E-state index in [1.807, 2.05) is 0 Å². The van der Waals surface area contributed by atoms with E-state index in [9.17, 15) is 4.79 Å². The fourth-order valence-electron chi connectivity index (χ4n) is 3.68. The third-order valence-corrected chi connectivity index (χ3v) is 5.13. The number of rotatable bonds is 3. The molecule has 0 aromatic rings. The van der Waals surface area contributed by atoms with E-state index in [0.717, 1.165) is 44.9 Å². The number of carbonyl (C=O) groups excluding carboxylic acids is 1. The molecule has 1 unspecified atom stereocenters. The average molecular weight is 273 g/mol. The zero-order chi connectivity index (χ0) is 11.7. The molecular weight excluding hydrogens is 248 g/mol. The van der Waals surface area contributed by atoms with E-state index in [1.165, 1.54) is 32.1 Å². The maximum atomic E-state index is 12.1. The van der Waals surface area contributed by atoms with Gasteiger partial charge in [0.1, 0.15) is 0 Å². The zero-order valence-corrected chi connectivity index (χ0v) is 11.9. The van der Waals surface area contributed by atoms with E-state index in [1.54, 1.807) is 0 Å². The Labute approximate surface area is 116 Å². The molecule has 18 heavy (non-hydrogen) atoms. The molecule has 1 N–H and O–H groups in total. The van der Waals surface area contributed by atoms with Gasteiger partial charge in [0.15, 0.2) is 0 Å². The summed E-state index contributed by atoms with van der Waals surface area (Å²) >= 11 is 0. The topological polar surface area (TPSA) is 32.3 Å². The van der Waals surface area contributed by atoms with Crippen LogP contribution in [0.3, 0.4) is 0 Å². The highest BCUT2D eigenvalue weighted by Crippen LogP contribution is 2.48. The number of hydrogen-bond acceptors (Lipinski definition) is 2. The lowest BCUT2D eigenvalue weighted by Crippen LogP contribution is -2.35. The van der Waals surface area contributed by atoms with Crippen LogP contribution in [0.1, 0.15) is 44.9 Å². The number of nitrogens with zero attached hydrogens (tertiary/aromatic N) is 1. The van der Waals surface area contributed by atoms with E-state index in [4.69, 9.17) is 0 Å². The Balaban J connectivity index is 0.00000120. The summed E-state index contributed by atoms with van der Waals surface area (Å²) in [6, 6.07) is 0. The van der Waals surface area contributed by atoms with Crippen molar-refractivity contribution in [1.82, 2.24) is 10.2 Å². The first-order chi connectivity index (χ1) is 8.27. The first kappa shape index (κ1) is 14.1. The van der Waals surface area contributed by atoms with E-state index in [0.29, 0.717) is 11.3 Å². The number of halogens is 1. The van der Waals surface area contributed by atoms with Gasteiger partial charge < -0.3 is 10.2 Å². The summed E-state index contributed by atoms with van der Waals surface area (Å²) in [6.45, 7) is 4.36. The van der Waals surface area contributed by atoms with Crippen LogP contribution in [0.25, 0.3) is 0 Å². The molecule has 1 atom stereocenters. The molecule has 3 rings (SSSR count). The molecule has 4 heteroatoms. The normalized spacial score (nSPS) is 29.1. The molecule has 104 valence electrons. The largest absolute Gasteiger partial charge is 0.342 e. The van der Waals surface area contributed by atoms with Gasteiger partial charge in [-0.15, -0.1) is 12.4 Å². The highest BCUT2D eigenvalue weighted by Gasteiger charge is 2.43. The van der Waals surface area contributed by atoms with Crippen molar-refractivity contribution in [3.8, 4) is 0 Å². The molecule has 2 aliphatic heterocycles. The Morgan fingerprint density at radius 2 is 2.17 bits per heavy atom. The van der Waals surface area contributed by atoms with Gasteiger partial charge in [-0.2, -0.15) is 0 Å². The van der Waals surface area contributed by atoms with Crippen LogP contribution in [0.15, 0.2) is 0 Å². The van der Waals surface area contributed by atoms with Crippen molar-refractivity contribution in [2.45, 2.75) is 44.9 Å². The summed E-state index contributed by atoms with van der Waals surface area (Å²) in [5.74, 6) is 1.17. The third-order valence-electron chi connectivity index (χ3n) is 5.13. The number of carbonyl (C=O) groups is 1. The van der Waals surface area contributed by atoms with Gasteiger partial charge in [-0.25, -0.2) is 0 Å². The molecule has 2 heterocycles. The maximum absolute atomic E-state index is 12.1. The zero-order valence-electron chi connectivity index (χ0n) is 11.1. The highest BCUT2D eigenvalue weighted by atomic mass is 35.5. The minimum atomic E-state index is 0. The second kappa shape index (κ2) is 5.79. The van der Waals surface area contributed by atoms with Crippen molar-refractivity contribution in [1.29, 1.82) is 0 Å². The molecule has 1 saturated carbocycles. The maximum Gasteiger partial charge on any atom is 0.222 e. The van der Waals surface area contributed by atoms with Crippen LogP contribution in [0, 0.1) is 11.3 Å². The van der Waals surface area contributed by atoms with Crippen molar-refractivity contribution in [3.05, 3.63) is 0 Å². The van der Waals surface area contributed by atoms with Crippen LogP contribution in [0.4, 0.5) is 0 Å². The number of nitrogens with one attached hydrogen (secondary N) is 1. The van der Waals surface area contributed by atoms with Gasteiger partial charge in [0.25, 0.3) is 0 Å². The van der Waals surface area contributed by atoms with Crippen LogP contribution in [-0.4, -0.2) is 37.0 Å². The molecule has 1 amide bonds. The molecule has 0 bridgehead atoms. The van der Waals surface area contributed by atoms with Crippen molar-refractivity contribution >= 4 is 18.3 Å². The molecule has 0 aromatic carbocycles. The molecule has 0 radical (unpaired) electrons. The number of amides is 1. The van der Waals surface area contributed by atoms with Crippen LogP contribution < -0.4 is 5.32 Å².